The maximum atomic E-state index is 13.5. The molecule has 1 aromatic rings. The van der Waals surface area contributed by atoms with Crippen LogP contribution in [0.15, 0.2) is 30.0 Å². The first kappa shape index (κ1) is 24.3. The van der Waals surface area contributed by atoms with Gasteiger partial charge in [0.1, 0.15) is 11.4 Å². The number of hydrogen-bond donors (Lipinski definition) is 0. The zero-order valence-electron chi connectivity index (χ0n) is 20.1. The number of hydrogen-bond acceptors (Lipinski definition) is 5. The Bertz CT molecular complexity index is 795. The number of carbonyl (C=O) groups excluding carboxylic acids is 2. The van der Waals surface area contributed by atoms with Gasteiger partial charge in [0.2, 0.25) is 0 Å². The van der Waals surface area contributed by atoms with Gasteiger partial charge in [0.15, 0.2) is 0 Å². The van der Waals surface area contributed by atoms with E-state index >= 15 is 0 Å². The molecule has 1 fully saturated rings. The second-order valence-electron chi connectivity index (χ2n) is 8.63. The molecule has 6 heteroatoms. The lowest BCUT2D eigenvalue weighted by Crippen LogP contribution is -2.47. The summed E-state index contributed by atoms with van der Waals surface area (Å²) in [5.74, 6) is 0.494. The van der Waals surface area contributed by atoms with Gasteiger partial charge >= 0.3 is 0 Å². The summed E-state index contributed by atoms with van der Waals surface area (Å²) in [5, 5.41) is 0. The van der Waals surface area contributed by atoms with E-state index in [4.69, 9.17) is 4.74 Å². The minimum absolute atomic E-state index is 0.127. The fourth-order valence-corrected chi connectivity index (χ4v) is 4.54. The fraction of sp³-hybridized carbons (Fsp3) is 0.615. The predicted molar refractivity (Wildman–Crippen MR) is 128 cm³/mol. The molecule has 0 saturated carbocycles. The molecule has 0 aliphatic carbocycles. The smallest absolute Gasteiger partial charge is 0.277 e. The summed E-state index contributed by atoms with van der Waals surface area (Å²) < 4.78 is 5.56. The van der Waals surface area contributed by atoms with E-state index < -0.39 is 0 Å². The van der Waals surface area contributed by atoms with Gasteiger partial charge < -0.3 is 14.5 Å². The Hall–Kier alpha value is -2.34. The van der Waals surface area contributed by atoms with Gasteiger partial charge in [0, 0.05) is 32.7 Å². The molecule has 0 aromatic heterocycles. The molecule has 1 saturated heterocycles. The molecule has 0 bridgehead atoms. The lowest BCUT2D eigenvalue weighted by atomic mass is 10.0. The van der Waals surface area contributed by atoms with Crippen LogP contribution in [0, 0.1) is 0 Å². The van der Waals surface area contributed by atoms with E-state index in [0.717, 1.165) is 63.3 Å². The standard InChI is InChI=1S/C26H39N3O3/c1-4-7-8-9-10-11-16-29-25(30)23(21-12-14-22(15-13-21)32-6-3)24(26(29)31)28-19-17-27(5-2)18-20-28/h12-15H,4-11,16-20H2,1-3H3. The van der Waals surface area contributed by atoms with Crippen LogP contribution < -0.4 is 4.74 Å². The van der Waals surface area contributed by atoms with Crippen molar-refractivity contribution in [3.05, 3.63) is 35.5 Å². The fourth-order valence-electron chi connectivity index (χ4n) is 4.54. The Balaban J connectivity index is 1.79. The monoisotopic (exact) mass is 441 g/mol. The van der Waals surface area contributed by atoms with Crippen molar-refractivity contribution in [3.8, 4) is 5.75 Å². The third-order valence-corrected chi connectivity index (χ3v) is 6.47. The molecule has 32 heavy (non-hydrogen) atoms. The van der Waals surface area contributed by atoms with Crippen LogP contribution >= 0.6 is 0 Å². The van der Waals surface area contributed by atoms with Crippen LogP contribution in [0.25, 0.3) is 5.57 Å². The maximum Gasteiger partial charge on any atom is 0.277 e. The molecule has 176 valence electrons. The Morgan fingerprint density at radius 2 is 1.47 bits per heavy atom. The van der Waals surface area contributed by atoms with Crippen LogP contribution in [0.1, 0.15) is 64.9 Å². The highest BCUT2D eigenvalue weighted by Crippen LogP contribution is 2.33. The average molecular weight is 442 g/mol. The lowest BCUT2D eigenvalue weighted by molar-refractivity contribution is -0.137. The Morgan fingerprint density at radius 1 is 0.812 bits per heavy atom. The second kappa shape index (κ2) is 12.0. The van der Waals surface area contributed by atoms with Gasteiger partial charge in [-0.3, -0.25) is 14.5 Å². The quantitative estimate of drug-likeness (QED) is 0.360. The zero-order valence-corrected chi connectivity index (χ0v) is 20.1. The molecule has 2 heterocycles. The average Bonchev–Trinajstić information content (AvgIpc) is 3.06. The number of piperazine rings is 1. The van der Waals surface area contributed by atoms with Gasteiger partial charge in [0.05, 0.1) is 12.2 Å². The molecule has 0 N–H and O–H groups in total. The van der Waals surface area contributed by atoms with Gasteiger partial charge in [-0.15, -0.1) is 0 Å². The molecule has 2 aliphatic rings. The highest BCUT2D eigenvalue weighted by Gasteiger charge is 2.41. The number of imide groups is 1. The van der Waals surface area contributed by atoms with E-state index in [0.29, 0.717) is 24.4 Å². The van der Waals surface area contributed by atoms with Crippen molar-refractivity contribution in [2.45, 2.75) is 59.3 Å². The largest absolute Gasteiger partial charge is 0.494 e. The summed E-state index contributed by atoms with van der Waals surface area (Å²) in [4.78, 5) is 32.9. The first-order chi connectivity index (χ1) is 15.6. The first-order valence-electron chi connectivity index (χ1n) is 12.4. The summed E-state index contributed by atoms with van der Waals surface area (Å²) in [6.07, 6.45) is 6.77. The minimum Gasteiger partial charge on any atom is -0.494 e. The van der Waals surface area contributed by atoms with Crippen molar-refractivity contribution >= 4 is 17.4 Å². The minimum atomic E-state index is -0.152. The zero-order chi connectivity index (χ0) is 22.9. The molecule has 6 nitrogen and oxygen atoms in total. The van der Waals surface area contributed by atoms with E-state index in [2.05, 4.69) is 23.6 Å². The number of likely N-dealkylation sites (N-methyl/N-ethyl adjacent to an activating group) is 1. The number of benzene rings is 1. The molecule has 3 rings (SSSR count). The Labute approximate surface area is 193 Å². The number of amides is 2. The highest BCUT2D eigenvalue weighted by molar-refractivity contribution is 6.35. The molecule has 0 radical (unpaired) electrons. The van der Waals surface area contributed by atoms with Crippen LogP contribution in [0.5, 0.6) is 5.75 Å². The number of rotatable bonds is 12. The van der Waals surface area contributed by atoms with Crippen molar-refractivity contribution in [2.24, 2.45) is 0 Å². The summed E-state index contributed by atoms with van der Waals surface area (Å²) >= 11 is 0. The molecule has 2 amide bonds. The van der Waals surface area contributed by atoms with Gasteiger partial charge in [-0.1, -0.05) is 58.1 Å². The van der Waals surface area contributed by atoms with Crippen LogP contribution in [0.2, 0.25) is 0 Å². The van der Waals surface area contributed by atoms with Gasteiger partial charge in [-0.25, -0.2) is 0 Å². The number of nitrogens with zero attached hydrogens (tertiary/aromatic N) is 3. The summed E-state index contributed by atoms with van der Waals surface area (Å²) in [5.41, 5.74) is 1.93. The van der Waals surface area contributed by atoms with Gasteiger partial charge in [-0.2, -0.15) is 0 Å². The van der Waals surface area contributed by atoms with Crippen molar-refractivity contribution < 1.29 is 14.3 Å². The Morgan fingerprint density at radius 3 is 2.09 bits per heavy atom. The summed E-state index contributed by atoms with van der Waals surface area (Å²) in [6, 6.07) is 7.57. The molecule has 0 unspecified atom stereocenters. The predicted octanol–water partition coefficient (Wildman–Crippen LogP) is 4.16. The Kier molecular flexibility index (Phi) is 9.15. The van der Waals surface area contributed by atoms with Crippen molar-refractivity contribution in [2.75, 3.05) is 45.9 Å². The molecule has 1 aromatic carbocycles. The molecular formula is C26H39N3O3. The lowest BCUT2D eigenvalue weighted by Gasteiger charge is -2.36. The van der Waals surface area contributed by atoms with Crippen LogP contribution in [-0.4, -0.2) is 72.4 Å². The topological polar surface area (TPSA) is 53.1 Å². The molecule has 0 spiro atoms. The van der Waals surface area contributed by atoms with Crippen LogP contribution in [0.4, 0.5) is 0 Å². The number of unbranched alkanes of at least 4 members (excludes halogenated alkanes) is 5. The summed E-state index contributed by atoms with van der Waals surface area (Å²) in [6.45, 7) is 11.8. The van der Waals surface area contributed by atoms with E-state index in [1.54, 1.807) is 0 Å². The third kappa shape index (κ3) is 5.71. The molecular weight excluding hydrogens is 402 g/mol. The molecule has 2 aliphatic heterocycles. The molecule has 0 atom stereocenters. The van der Waals surface area contributed by atoms with E-state index in [-0.39, 0.29) is 11.8 Å². The number of carbonyl (C=O) groups is 2. The third-order valence-electron chi connectivity index (χ3n) is 6.47. The second-order valence-corrected chi connectivity index (χ2v) is 8.63. The first-order valence-corrected chi connectivity index (χ1v) is 12.4. The van der Waals surface area contributed by atoms with Crippen LogP contribution in [-0.2, 0) is 9.59 Å². The van der Waals surface area contributed by atoms with Crippen molar-refractivity contribution in [3.63, 3.8) is 0 Å². The maximum absolute atomic E-state index is 13.5. The van der Waals surface area contributed by atoms with Crippen molar-refractivity contribution in [1.29, 1.82) is 0 Å². The SMILES string of the molecule is CCCCCCCCN1C(=O)C(c2ccc(OCC)cc2)=C(N2CCN(CC)CC2)C1=O. The van der Waals surface area contributed by atoms with Crippen molar-refractivity contribution in [1.82, 2.24) is 14.7 Å². The van der Waals surface area contributed by atoms with E-state index in [1.807, 2.05) is 31.2 Å². The van der Waals surface area contributed by atoms with E-state index in [9.17, 15) is 9.59 Å². The number of ether oxygens (including phenoxy) is 1. The highest BCUT2D eigenvalue weighted by atomic mass is 16.5. The van der Waals surface area contributed by atoms with Gasteiger partial charge in [0.25, 0.3) is 11.8 Å². The summed E-state index contributed by atoms with van der Waals surface area (Å²) in [7, 11) is 0. The van der Waals surface area contributed by atoms with Crippen LogP contribution in [0.3, 0.4) is 0 Å². The van der Waals surface area contributed by atoms with Gasteiger partial charge in [-0.05, 0) is 37.6 Å². The normalized spacial score (nSPS) is 17.6. The van der Waals surface area contributed by atoms with E-state index in [1.165, 1.54) is 24.2 Å².